The first kappa shape index (κ1) is 17.3. The average molecular weight is 393 g/mol. The van der Waals surface area contributed by atoms with Crippen LogP contribution in [0, 0.1) is 5.82 Å². The largest absolute Gasteiger partial charge is 0.440 e. The molecule has 26 heavy (non-hydrogen) atoms. The van der Waals surface area contributed by atoms with Crippen molar-refractivity contribution in [1.29, 1.82) is 0 Å². The number of anilines is 1. The molecule has 0 radical (unpaired) electrons. The minimum Gasteiger partial charge on any atom is -0.440 e. The molecule has 0 amide bonds. The topological polar surface area (TPSA) is 72.3 Å². The number of benzene rings is 2. The second-order valence-corrected chi connectivity index (χ2v) is 7.25. The first-order chi connectivity index (χ1) is 12.4. The van der Waals surface area contributed by atoms with E-state index in [4.69, 9.17) is 38.5 Å². The van der Waals surface area contributed by atoms with Crippen molar-refractivity contribution in [2.24, 2.45) is 0 Å². The number of rotatable bonds is 4. The predicted molar refractivity (Wildman–Crippen MR) is 98.7 cm³/mol. The molecule has 134 valence electrons. The van der Waals surface area contributed by atoms with Crippen LogP contribution < -0.4 is 5.73 Å². The zero-order chi connectivity index (χ0) is 18.5. The van der Waals surface area contributed by atoms with Crippen molar-refractivity contribution in [3.8, 4) is 11.3 Å². The number of hydrogen-bond donors (Lipinski definition) is 2. The molecule has 0 spiro atoms. The minimum absolute atomic E-state index is 0.229. The highest BCUT2D eigenvalue weighted by Gasteiger charge is 2.52. The number of nitrogens with zero attached hydrogens (tertiary/aromatic N) is 1. The van der Waals surface area contributed by atoms with Gasteiger partial charge in [0.05, 0.1) is 18.2 Å². The van der Waals surface area contributed by atoms with Crippen LogP contribution in [0.5, 0.6) is 0 Å². The molecular weight excluding hydrogens is 378 g/mol. The molecule has 3 aromatic rings. The van der Waals surface area contributed by atoms with Crippen LogP contribution in [0.25, 0.3) is 11.3 Å². The molecule has 1 saturated carbocycles. The molecule has 0 unspecified atom stereocenters. The highest BCUT2D eigenvalue weighted by Crippen LogP contribution is 2.57. The molecular formula is C19H15Cl2FN2O2. The van der Waals surface area contributed by atoms with Crippen LogP contribution >= 0.6 is 23.2 Å². The Balaban J connectivity index is 1.74. The molecule has 7 heteroatoms. The Bertz CT molecular complexity index is 976. The quantitative estimate of drug-likeness (QED) is 0.616. The third-order valence-electron chi connectivity index (χ3n) is 4.72. The summed E-state index contributed by atoms with van der Waals surface area (Å²) in [4.78, 5) is 4.39. The van der Waals surface area contributed by atoms with Crippen LogP contribution in [-0.2, 0) is 12.0 Å². The molecule has 0 saturated heterocycles. The van der Waals surface area contributed by atoms with Crippen molar-refractivity contribution in [2.45, 2.75) is 24.9 Å². The highest BCUT2D eigenvalue weighted by molar-refractivity contribution is 6.36. The lowest BCUT2D eigenvalue weighted by atomic mass is 9.95. The first-order valence-electron chi connectivity index (χ1n) is 8.05. The molecule has 1 heterocycles. The van der Waals surface area contributed by atoms with Gasteiger partial charge in [0.25, 0.3) is 0 Å². The molecule has 1 aromatic heterocycles. The van der Waals surface area contributed by atoms with E-state index >= 15 is 0 Å². The van der Waals surface area contributed by atoms with E-state index in [0.717, 1.165) is 18.4 Å². The molecule has 2 aromatic carbocycles. The van der Waals surface area contributed by atoms with Crippen molar-refractivity contribution in [3.05, 3.63) is 69.4 Å². The van der Waals surface area contributed by atoms with E-state index in [2.05, 4.69) is 4.98 Å². The van der Waals surface area contributed by atoms with E-state index in [-0.39, 0.29) is 12.2 Å². The molecule has 1 fully saturated rings. The summed E-state index contributed by atoms with van der Waals surface area (Å²) in [5, 5.41) is 10.0. The number of hydrogen-bond acceptors (Lipinski definition) is 4. The van der Waals surface area contributed by atoms with Crippen molar-refractivity contribution in [2.75, 3.05) is 5.73 Å². The zero-order valence-corrected chi connectivity index (χ0v) is 15.1. The smallest absolute Gasteiger partial charge is 0.205 e. The Kier molecular flexibility index (Phi) is 4.18. The van der Waals surface area contributed by atoms with Gasteiger partial charge >= 0.3 is 0 Å². The maximum absolute atomic E-state index is 13.9. The number of aliphatic hydroxyl groups is 1. The van der Waals surface area contributed by atoms with Crippen molar-refractivity contribution < 1.29 is 13.9 Å². The lowest BCUT2D eigenvalue weighted by Crippen LogP contribution is -2.11. The molecule has 4 rings (SSSR count). The van der Waals surface area contributed by atoms with Gasteiger partial charge in [0, 0.05) is 32.4 Å². The van der Waals surface area contributed by atoms with E-state index in [1.54, 1.807) is 24.4 Å². The summed E-state index contributed by atoms with van der Waals surface area (Å²) in [5.74, 6) is 0.443. The fraction of sp³-hybridized carbons (Fsp3) is 0.211. The Morgan fingerprint density at radius 1 is 1.19 bits per heavy atom. The van der Waals surface area contributed by atoms with Crippen LogP contribution in [0.4, 0.5) is 10.1 Å². The molecule has 0 atom stereocenters. The van der Waals surface area contributed by atoms with Crippen LogP contribution in [0.1, 0.15) is 29.9 Å². The third-order valence-corrected chi connectivity index (χ3v) is 5.31. The van der Waals surface area contributed by atoms with Crippen molar-refractivity contribution >= 4 is 28.9 Å². The molecule has 4 nitrogen and oxygen atoms in total. The number of aromatic nitrogens is 1. The summed E-state index contributed by atoms with van der Waals surface area (Å²) in [7, 11) is 0. The van der Waals surface area contributed by atoms with Gasteiger partial charge in [0.1, 0.15) is 5.82 Å². The zero-order valence-electron chi connectivity index (χ0n) is 13.6. The van der Waals surface area contributed by atoms with Gasteiger partial charge in [0.2, 0.25) is 5.89 Å². The SMILES string of the molecule is Nc1cc(Cl)c(C2(c3ncc(-c4ccc(CO)c(F)c4)o3)CC2)c(Cl)c1. The van der Waals surface area contributed by atoms with E-state index in [1.807, 2.05) is 0 Å². The Morgan fingerprint density at radius 3 is 2.46 bits per heavy atom. The fourth-order valence-electron chi connectivity index (χ4n) is 3.20. The molecule has 0 bridgehead atoms. The standard InChI is InChI=1S/C19H15Cl2FN2O2/c20-13-6-12(23)7-14(21)17(13)19(3-4-19)18-24-8-16(26-18)10-1-2-11(9-25)15(22)5-10/h1-2,5-8,25H,3-4,9,23H2. The lowest BCUT2D eigenvalue weighted by molar-refractivity contribution is 0.276. The van der Waals surface area contributed by atoms with E-state index < -0.39 is 11.2 Å². The number of halogens is 3. The van der Waals surface area contributed by atoms with Gasteiger partial charge < -0.3 is 15.3 Å². The molecule has 1 aliphatic carbocycles. The van der Waals surface area contributed by atoms with E-state index in [0.29, 0.717) is 32.9 Å². The van der Waals surface area contributed by atoms with Crippen LogP contribution in [0.3, 0.4) is 0 Å². The Hall–Kier alpha value is -2.08. The maximum atomic E-state index is 13.9. The monoisotopic (exact) mass is 392 g/mol. The third kappa shape index (κ3) is 2.76. The Morgan fingerprint density at radius 2 is 1.88 bits per heavy atom. The number of aliphatic hydroxyl groups excluding tert-OH is 1. The lowest BCUT2D eigenvalue weighted by Gasteiger charge is -2.16. The summed E-state index contributed by atoms with van der Waals surface area (Å²) in [6.07, 6.45) is 3.16. The van der Waals surface area contributed by atoms with E-state index in [9.17, 15) is 4.39 Å². The highest BCUT2D eigenvalue weighted by atomic mass is 35.5. The molecule has 0 aliphatic heterocycles. The fourth-order valence-corrected chi connectivity index (χ4v) is 4.07. The summed E-state index contributed by atoms with van der Waals surface area (Å²) in [6.45, 7) is -0.356. The van der Waals surface area contributed by atoms with Gasteiger partial charge in [-0.1, -0.05) is 35.3 Å². The predicted octanol–water partition coefficient (Wildman–Crippen LogP) is 4.94. The van der Waals surface area contributed by atoms with Gasteiger partial charge in [-0.25, -0.2) is 9.37 Å². The molecule has 1 aliphatic rings. The van der Waals surface area contributed by atoms with Crippen molar-refractivity contribution in [1.82, 2.24) is 4.98 Å². The Labute approximate surface area is 159 Å². The van der Waals surface area contributed by atoms with E-state index in [1.165, 1.54) is 12.1 Å². The number of nitrogens with two attached hydrogens (primary N) is 1. The summed E-state index contributed by atoms with van der Waals surface area (Å²) < 4.78 is 19.9. The normalized spacial score (nSPS) is 15.2. The average Bonchev–Trinajstić information content (AvgIpc) is 3.21. The van der Waals surface area contributed by atoms with Gasteiger partial charge in [-0.3, -0.25) is 0 Å². The van der Waals surface area contributed by atoms with Crippen LogP contribution in [0.15, 0.2) is 40.9 Å². The van der Waals surface area contributed by atoms with Crippen molar-refractivity contribution in [3.63, 3.8) is 0 Å². The van der Waals surface area contributed by atoms with Crippen LogP contribution in [-0.4, -0.2) is 10.1 Å². The summed E-state index contributed by atoms with van der Waals surface area (Å²) in [6, 6.07) is 7.85. The minimum atomic E-state index is -0.492. The first-order valence-corrected chi connectivity index (χ1v) is 8.81. The summed E-state index contributed by atoms with van der Waals surface area (Å²) >= 11 is 12.8. The number of oxazole rings is 1. The van der Waals surface area contributed by atoms with Gasteiger partial charge in [-0.15, -0.1) is 0 Å². The second kappa shape index (κ2) is 6.27. The maximum Gasteiger partial charge on any atom is 0.205 e. The van der Waals surface area contributed by atoms with Gasteiger partial charge in [-0.05, 0) is 31.0 Å². The number of nitrogen functional groups attached to an aromatic ring is 1. The molecule has 3 N–H and O–H groups in total. The second-order valence-electron chi connectivity index (χ2n) is 6.44. The van der Waals surface area contributed by atoms with Gasteiger partial charge in [0.15, 0.2) is 5.76 Å². The van der Waals surface area contributed by atoms with Crippen LogP contribution in [0.2, 0.25) is 10.0 Å². The van der Waals surface area contributed by atoms with Gasteiger partial charge in [-0.2, -0.15) is 0 Å². The summed E-state index contributed by atoms with van der Waals surface area (Å²) in [5.41, 5.74) is 7.33.